The fourth-order valence-electron chi connectivity index (χ4n) is 2.19. The smallest absolute Gasteiger partial charge is 0.147 e. The van der Waals surface area contributed by atoms with Gasteiger partial charge in [-0.15, -0.1) is 0 Å². The van der Waals surface area contributed by atoms with Gasteiger partial charge < -0.3 is 20.5 Å². The molecular formula is C12H19N5O2. The molecule has 0 aliphatic carbocycles. The number of nitrogen functional groups attached to an aromatic ring is 1. The van der Waals surface area contributed by atoms with Crippen LogP contribution in [0, 0.1) is 5.41 Å². The van der Waals surface area contributed by atoms with E-state index in [-0.39, 0.29) is 24.1 Å². The lowest BCUT2D eigenvalue weighted by molar-refractivity contribution is -0.101. The minimum atomic E-state index is -0.355. The van der Waals surface area contributed by atoms with Crippen LogP contribution in [0.15, 0.2) is 12.4 Å². The molecule has 1 fully saturated rings. The van der Waals surface area contributed by atoms with Crippen molar-refractivity contribution in [3.05, 3.63) is 18.1 Å². The predicted octanol–water partition coefficient (Wildman–Crippen LogP) is -0.263. The third-order valence-electron chi connectivity index (χ3n) is 2.92. The fourth-order valence-corrected chi connectivity index (χ4v) is 2.19. The topological polar surface area (TPSA) is 108 Å². The molecule has 1 unspecified atom stereocenters. The molecule has 7 nitrogen and oxygen atoms in total. The van der Waals surface area contributed by atoms with Crippen LogP contribution in [0.1, 0.15) is 19.5 Å². The number of aromatic nitrogens is 2. The molecule has 0 radical (unpaired) electrons. The number of morpholine rings is 1. The van der Waals surface area contributed by atoms with Gasteiger partial charge in [-0.25, -0.2) is 9.97 Å². The van der Waals surface area contributed by atoms with Gasteiger partial charge in [-0.05, 0) is 13.8 Å². The molecule has 1 aromatic heterocycles. The van der Waals surface area contributed by atoms with Crippen molar-refractivity contribution < 1.29 is 9.84 Å². The number of hydrogen-bond donors (Lipinski definition) is 3. The van der Waals surface area contributed by atoms with Gasteiger partial charge in [-0.3, -0.25) is 5.41 Å². The van der Waals surface area contributed by atoms with Crippen LogP contribution < -0.4 is 10.6 Å². The van der Waals surface area contributed by atoms with E-state index in [4.69, 9.17) is 15.9 Å². The van der Waals surface area contributed by atoms with Crippen molar-refractivity contribution >= 4 is 11.7 Å². The molecule has 19 heavy (non-hydrogen) atoms. The zero-order valence-electron chi connectivity index (χ0n) is 11.1. The van der Waals surface area contributed by atoms with Gasteiger partial charge in [0.25, 0.3) is 0 Å². The summed E-state index contributed by atoms with van der Waals surface area (Å²) >= 11 is 0. The Balaban J connectivity index is 2.18. The molecule has 2 rings (SSSR count). The van der Waals surface area contributed by atoms with E-state index in [0.717, 1.165) is 0 Å². The highest BCUT2D eigenvalue weighted by atomic mass is 16.5. The number of hydrogen-bond acceptors (Lipinski definition) is 6. The zero-order valence-corrected chi connectivity index (χ0v) is 11.1. The summed E-state index contributed by atoms with van der Waals surface area (Å²) < 4.78 is 5.74. The lowest BCUT2D eigenvalue weighted by Gasteiger charge is -2.42. The van der Waals surface area contributed by atoms with Gasteiger partial charge in [0.1, 0.15) is 17.3 Å². The normalized spacial score (nSPS) is 22.3. The number of aliphatic hydroxyl groups excluding tert-OH is 1. The van der Waals surface area contributed by atoms with Crippen molar-refractivity contribution in [3.63, 3.8) is 0 Å². The van der Waals surface area contributed by atoms with Crippen LogP contribution in [0.4, 0.5) is 5.82 Å². The molecular weight excluding hydrogens is 246 g/mol. The molecule has 4 N–H and O–H groups in total. The van der Waals surface area contributed by atoms with Crippen molar-refractivity contribution in [2.24, 2.45) is 5.73 Å². The minimum Gasteiger partial charge on any atom is -0.394 e. The summed E-state index contributed by atoms with van der Waals surface area (Å²) in [6, 6.07) is 0. The molecule has 1 atom stereocenters. The highest BCUT2D eigenvalue weighted by molar-refractivity contribution is 5.92. The van der Waals surface area contributed by atoms with Crippen LogP contribution in [0.5, 0.6) is 0 Å². The number of amidine groups is 1. The van der Waals surface area contributed by atoms with E-state index in [9.17, 15) is 5.11 Å². The van der Waals surface area contributed by atoms with Gasteiger partial charge in [0.05, 0.1) is 30.7 Å². The summed E-state index contributed by atoms with van der Waals surface area (Å²) in [7, 11) is 0. The van der Waals surface area contributed by atoms with E-state index < -0.39 is 0 Å². The first-order chi connectivity index (χ1) is 8.91. The van der Waals surface area contributed by atoms with Crippen LogP contribution in [-0.2, 0) is 4.74 Å². The Kier molecular flexibility index (Phi) is 3.68. The van der Waals surface area contributed by atoms with E-state index in [2.05, 4.69) is 9.97 Å². The summed E-state index contributed by atoms with van der Waals surface area (Å²) in [5.74, 6) is 0.592. The van der Waals surface area contributed by atoms with Gasteiger partial charge in [0.2, 0.25) is 0 Å². The average molecular weight is 265 g/mol. The Morgan fingerprint density at radius 2 is 2.32 bits per heavy atom. The molecule has 104 valence electrons. The number of anilines is 1. The van der Waals surface area contributed by atoms with Crippen LogP contribution in [-0.4, -0.2) is 52.3 Å². The van der Waals surface area contributed by atoms with Crippen LogP contribution in [0.25, 0.3) is 0 Å². The summed E-state index contributed by atoms with van der Waals surface area (Å²) in [5, 5.41) is 16.6. The molecule has 0 spiro atoms. The summed E-state index contributed by atoms with van der Waals surface area (Å²) in [5.41, 5.74) is 5.34. The van der Waals surface area contributed by atoms with Gasteiger partial charge in [0, 0.05) is 13.1 Å². The molecule has 0 aromatic carbocycles. The van der Waals surface area contributed by atoms with E-state index in [1.54, 1.807) is 6.20 Å². The van der Waals surface area contributed by atoms with E-state index in [1.807, 2.05) is 18.7 Å². The summed E-state index contributed by atoms with van der Waals surface area (Å²) in [6.45, 7) is 5.14. The number of ether oxygens (including phenoxy) is 1. The van der Waals surface area contributed by atoms with Gasteiger partial charge in [0.15, 0.2) is 0 Å². The van der Waals surface area contributed by atoms with E-state index in [0.29, 0.717) is 24.6 Å². The first kappa shape index (κ1) is 13.7. The second kappa shape index (κ2) is 5.10. The molecule has 0 saturated carbocycles. The lowest BCUT2D eigenvalue weighted by Crippen LogP contribution is -2.54. The SMILES string of the molecule is CC1(C)CN(c2cnc(C(=N)N)cn2)CC(CO)O1. The number of nitrogens with zero attached hydrogens (tertiary/aromatic N) is 3. The van der Waals surface area contributed by atoms with Crippen LogP contribution in [0.3, 0.4) is 0 Å². The fraction of sp³-hybridized carbons (Fsp3) is 0.583. The first-order valence-electron chi connectivity index (χ1n) is 6.11. The quantitative estimate of drug-likeness (QED) is 0.513. The third kappa shape index (κ3) is 3.18. The van der Waals surface area contributed by atoms with Crippen molar-refractivity contribution in [1.82, 2.24) is 9.97 Å². The monoisotopic (exact) mass is 265 g/mol. The molecule has 1 saturated heterocycles. The Morgan fingerprint density at radius 1 is 1.58 bits per heavy atom. The Bertz CT molecular complexity index is 460. The molecule has 0 bridgehead atoms. The van der Waals surface area contributed by atoms with Crippen molar-refractivity contribution in [3.8, 4) is 0 Å². The molecule has 0 amide bonds. The van der Waals surface area contributed by atoms with Crippen LogP contribution >= 0.6 is 0 Å². The van der Waals surface area contributed by atoms with Crippen molar-refractivity contribution in [2.45, 2.75) is 25.6 Å². The zero-order chi connectivity index (χ0) is 14.0. The minimum absolute atomic E-state index is 0.0289. The summed E-state index contributed by atoms with van der Waals surface area (Å²) in [4.78, 5) is 10.4. The number of nitrogens with one attached hydrogen (secondary N) is 1. The predicted molar refractivity (Wildman–Crippen MR) is 71.3 cm³/mol. The number of nitrogens with two attached hydrogens (primary N) is 1. The molecule has 1 aliphatic heterocycles. The maximum Gasteiger partial charge on any atom is 0.147 e. The Morgan fingerprint density at radius 3 is 2.84 bits per heavy atom. The maximum absolute atomic E-state index is 9.27. The van der Waals surface area contributed by atoms with E-state index >= 15 is 0 Å². The summed E-state index contributed by atoms with van der Waals surface area (Å²) in [6.07, 6.45) is 2.83. The molecule has 1 aromatic rings. The highest BCUT2D eigenvalue weighted by Crippen LogP contribution is 2.24. The van der Waals surface area contributed by atoms with Gasteiger partial charge in [-0.2, -0.15) is 0 Å². The Labute approximate surface area is 111 Å². The van der Waals surface area contributed by atoms with Gasteiger partial charge >= 0.3 is 0 Å². The second-order valence-corrected chi connectivity index (χ2v) is 5.24. The largest absolute Gasteiger partial charge is 0.394 e. The highest BCUT2D eigenvalue weighted by Gasteiger charge is 2.33. The lowest BCUT2D eigenvalue weighted by atomic mass is 10.1. The second-order valence-electron chi connectivity index (χ2n) is 5.24. The third-order valence-corrected chi connectivity index (χ3v) is 2.92. The Hall–Kier alpha value is -1.73. The van der Waals surface area contributed by atoms with Crippen molar-refractivity contribution in [1.29, 1.82) is 5.41 Å². The molecule has 1 aliphatic rings. The van der Waals surface area contributed by atoms with Crippen LogP contribution in [0.2, 0.25) is 0 Å². The number of aliphatic hydroxyl groups is 1. The average Bonchev–Trinajstić information content (AvgIpc) is 2.37. The number of rotatable bonds is 3. The standard InChI is InChI=1S/C12H19N5O2/c1-12(2)7-17(5-8(6-18)19-12)10-4-15-9(3-16-10)11(13)14/h3-4,8,18H,5-7H2,1-2H3,(H3,13,14). The van der Waals surface area contributed by atoms with Gasteiger partial charge in [-0.1, -0.05) is 0 Å². The molecule has 7 heteroatoms. The van der Waals surface area contributed by atoms with Crippen molar-refractivity contribution in [2.75, 3.05) is 24.6 Å². The molecule has 2 heterocycles. The van der Waals surface area contributed by atoms with E-state index in [1.165, 1.54) is 6.20 Å². The maximum atomic E-state index is 9.27. The first-order valence-corrected chi connectivity index (χ1v) is 6.11.